The Hall–Kier alpha value is -2.32. The molecule has 1 atom stereocenters. The van der Waals surface area contributed by atoms with E-state index in [1.807, 2.05) is 37.8 Å². The highest BCUT2D eigenvalue weighted by atomic mass is 32.1. The van der Waals surface area contributed by atoms with Crippen LogP contribution in [0.4, 0.5) is 5.69 Å². The zero-order valence-electron chi connectivity index (χ0n) is 17.1. The number of thiocarbonyl (C=S) groups is 1. The van der Waals surface area contributed by atoms with Crippen LogP contribution >= 0.6 is 12.2 Å². The van der Waals surface area contributed by atoms with Gasteiger partial charge in [-0.05, 0) is 58.1 Å². The van der Waals surface area contributed by atoms with Gasteiger partial charge < -0.3 is 30.0 Å². The standard InChI is InChI=1S/C20H31N5O2S/c1-15(21-3)8-11-27-18-7-6-17(12-19(18)26-4)24-20(28)23-9-5-10-25-14-22-13-16(25)2/h6-7,12-15,21H,5,8-11H2,1-4H3,(H2,23,24,28). The number of benzene rings is 1. The molecule has 8 heteroatoms. The summed E-state index contributed by atoms with van der Waals surface area (Å²) in [6.07, 6.45) is 5.59. The number of methoxy groups -OCH3 is 1. The largest absolute Gasteiger partial charge is 0.493 e. The van der Waals surface area contributed by atoms with E-state index < -0.39 is 0 Å². The third kappa shape index (κ3) is 7.01. The quantitative estimate of drug-likeness (QED) is 0.392. The summed E-state index contributed by atoms with van der Waals surface area (Å²) in [5.41, 5.74) is 2.02. The Kier molecular flexibility index (Phi) is 9.03. The summed E-state index contributed by atoms with van der Waals surface area (Å²) in [4.78, 5) is 4.13. The molecule has 0 amide bonds. The van der Waals surface area contributed by atoms with E-state index >= 15 is 0 Å². The van der Waals surface area contributed by atoms with Crippen LogP contribution in [0.15, 0.2) is 30.7 Å². The van der Waals surface area contributed by atoms with Gasteiger partial charge in [-0.2, -0.15) is 0 Å². The van der Waals surface area contributed by atoms with Gasteiger partial charge in [0.05, 0.1) is 20.0 Å². The van der Waals surface area contributed by atoms with Gasteiger partial charge in [-0.3, -0.25) is 0 Å². The van der Waals surface area contributed by atoms with Crippen LogP contribution in [0.5, 0.6) is 11.5 Å². The number of hydrogen-bond donors (Lipinski definition) is 3. The lowest BCUT2D eigenvalue weighted by Crippen LogP contribution is -2.29. The number of aromatic nitrogens is 2. The summed E-state index contributed by atoms with van der Waals surface area (Å²) in [5, 5.41) is 10.2. The average Bonchev–Trinajstić information content (AvgIpc) is 3.10. The molecular weight excluding hydrogens is 374 g/mol. The van der Waals surface area contributed by atoms with Gasteiger partial charge in [0.2, 0.25) is 0 Å². The van der Waals surface area contributed by atoms with Crippen molar-refractivity contribution in [3.05, 3.63) is 36.4 Å². The molecule has 7 nitrogen and oxygen atoms in total. The minimum atomic E-state index is 0.410. The van der Waals surface area contributed by atoms with Crippen molar-refractivity contribution in [2.24, 2.45) is 0 Å². The predicted octanol–water partition coefficient (Wildman–Crippen LogP) is 2.95. The van der Waals surface area contributed by atoms with Crippen LogP contribution in [0.1, 0.15) is 25.5 Å². The van der Waals surface area contributed by atoms with Crippen molar-refractivity contribution in [2.45, 2.75) is 39.3 Å². The molecule has 0 aliphatic rings. The van der Waals surface area contributed by atoms with Gasteiger partial charge >= 0.3 is 0 Å². The van der Waals surface area contributed by atoms with Crippen LogP contribution in [0.3, 0.4) is 0 Å². The first-order valence-corrected chi connectivity index (χ1v) is 9.94. The lowest BCUT2D eigenvalue weighted by molar-refractivity contribution is 0.276. The maximum Gasteiger partial charge on any atom is 0.170 e. The van der Waals surface area contributed by atoms with E-state index in [9.17, 15) is 0 Å². The molecule has 0 bridgehead atoms. The molecule has 0 saturated carbocycles. The third-order valence-corrected chi connectivity index (χ3v) is 4.75. The highest BCUT2D eigenvalue weighted by Crippen LogP contribution is 2.30. The zero-order chi connectivity index (χ0) is 20.4. The van der Waals surface area contributed by atoms with E-state index in [0.29, 0.717) is 23.5 Å². The maximum absolute atomic E-state index is 5.84. The second kappa shape index (κ2) is 11.5. The van der Waals surface area contributed by atoms with E-state index in [0.717, 1.165) is 43.1 Å². The number of aryl methyl sites for hydroxylation is 2. The van der Waals surface area contributed by atoms with E-state index in [2.05, 4.69) is 39.3 Å². The molecule has 0 fully saturated rings. The fourth-order valence-electron chi connectivity index (χ4n) is 2.60. The molecule has 1 aromatic carbocycles. The molecule has 2 rings (SSSR count). The average molecular weight is 406 g/mol. The number of rotatable bonds is 11. The van der Waals surface area contributed by atoms with E-state index in [4.69, 9.17) is 21.7 Å². The normalized spacial score (nSPS) is 11.7. The fourth-order valence-corrected chi connectivity index (χ4v) is 2.82. The van der Waals surface area contributed by atoms with Gasteiger partial charge in [0.15, 0.2) is 16.6 Å². The van der Waals surface area contributed by atoms with Gasteiger partial charge in [-0.25, -0.2) is 4.98 Å². The number of imidazole rings is 1. The molecule has 1 heterocycles. The third-order valence-electron chi connectivity index (χ3n) is 4.50. The zero-order valence-corrected chi connectivity index (χ0v) is 17.9. The van der Waals surface area contributed by atoms with Crippen molar-refractivity contribution in [1.29, 1.82) is 0 Å². The molecule has 2 aromatic rings. The van der Waals surface area contributed by atoms with Gasteiger partial charge in [0.1, 0.15) is 0 Å². The highest BCUT2D eigenvalue weighted by molar-refractivity contribution is 7.80. The number of nitrogens with zero attached hydrogens (tertiary/aromatic N) is 2. The molecule has 1 aromatic heterocycles. The van der Waals surface area contributed by atoms with Gasteiger partial charge in [-0.15, -0.1) is 0 Å². The van der Waals surface area contributed by atoms with Crippen LogP contribution in [0.25, 0.3) is 0 Å². The number of anilines is 1. The van der Waals surface area contributed by atoms with Gasteiger partial charge in [0, 0.05) is 42.8 Å². The summed E-state index contributed by atoms with van der Waals surface area (Å²) < 4.78 is 13.4. The topological polar surface area (TPSA) is 72.4 Å². The van der Waals surface area contributed by atoms with Crippen LogP contribution in [0, 0.1) is 6.92 Å². The van der Waals surface area contributed by atoms with Crippen molar-refractivity contribution in [2.75, 3.05) is 32.6 Å². The summed E-state index contributed by atoms with van der Waals surface area (Å²) in [6, 6.07) is 6.13. The Morgan fingerprint density at radius 1 is 1.32 bits per heavy atom. The first kappa shape index (κ1) is 22.0. The minimum Gasteiger partial charge on any atom is -0.493 e. The Labute approximate surface area is 172 Å². The van der Waals surface area contributed by atoms with Crippen LogP contribution in [0.2, 0.25) is 0 Å². The molecule has 154 valence electrons. The predicted molar refractivity (Wildman–Crippen MR) is 117 cm³/mol. The molecule has 0 aliphatic carbocycles. The first-order valence-electron chi connectivity index (χ1n) is 9.53. The SMILES string of the molecule is CNC(C)CCOc1ccc(NC(=S)NCCCn2cncc2C)cc1OC. The monoisotopic (exact) mass is 405 g/mol. The van der Waals surface area contributed by atoms with Crippen LogP contribution < -0.4 is 25.4 Å². The van der Waals surface area contributed by atoms with E-state index in [1.54, 1.807) is 7.11 Å². The second-order valence-electron chi connectivity index (χ2n) is 6.66. The molecule has 0 aliphatic heterocycles. The van der Waals surface area contributed by atoms with Gasteiger partial charge in [0.25, 0.3) is 0 Å². The number of hydrogen-bond acceptors (Lipinski definition) is 5. The molecular formula is C20H31N5O2S. The molecule has 0 radical (unpaired) electrons. The Bertz CT molecular complexity index is 750. The van der Waals surface area contributed by atoms with Crippen molar-refractivity contribution in [3.8, 4) is 11.5 Å². The number of ether oxygens (including phenoxy) is 2. The first-order chi connectivity index (χ1) is 13.5. The molecule has 3 N–H and O–H groups in total. The lowest BCUT2D eigenvalue weighted by atomic mass is 10.2. The summed E-state index contributed by atoms with van der Waals surface area (Å²) in [5.74, 6) is 1.41. The Morgan fingerprint density at radius 2 is 2.14 bits per heavy atom. The van der Waals surface area contributed by atoms with E-state index in [1.165, 1.54) is 0 Å². The lowest BCUT2D eigenvalue weighted by Gasteiger charge is -2.15. The van der Waals surface area contributed by atoms with Crippen molar-refractivity contribution >= 4 is 23.0 Å². The highest BCUT2D eigenvalue weighted by Gasteiger charge is 2.08. The number of nitrogens with one attached hydrogen (secondary N) is 3. The Morgan fingerprint density at radius 3 is 2.82 bits per heavy atom. The van der Waals surface area contributed by atoms with Crippen LogP contribution in [-0.4, -0.2) is 48.0 Å². The summed E-state index contributed by atoms with van der Waals surface area (Å²) >= 11 is 5.38. The molecule has 1 unspecified atom stereocenters. The van der Waals surface area contributed by atoms with Crippen molar-refractivity contribution in [3.63, 3.8) is 0 Å². The smallest absolute Gasteiger partial charge is 0.170 e. The van der Waals surface area contributed by atoms with Crippen LogP contribution in [-0.2, 0) is 6.54 Å². The second-order valence-corrected chi connectivity index (χ2v) is 7.06. The van der Waals surface area contributed by atoms with Crippen molar-refractivity contribution < 1.29 is 9.47 Å². The maximum atomic E-state index is 5.84. The van der Waals surface area contributed by atoms with E-state index in [-0.39, 0.29) is 0 Å². The summed E-state index contributed by atoms with van der Waals surface area (Å²) in [6.45, 7) is 6.49. The molecule has 28 heavy (non-hydrogen) atoms. The van der Waals surface area contributed by atoms with Gasteiger partial charge in [-0.1, -0.05) is 0 Å². The minimum absolute atomic E-state index is 0.410. The summed E-state index contributed by atoms with van der Waals surface area (Å²) in [7, 11) is 3.58. The molecule has 0 saturated heterocycles. The fraction of sp³-hybridized carbons (Fsp3) is 0.500. The molecule has 0 spiro atoms. The van der Waals surface area contributed by atoms with Crippen molar-refractivity contribution in [1.82, 2.24) is 20.2 Å². The Balaban J connectivity index is 1.77.